The highest BCUT2D eigenvalue weighted by Gasteiger charge is 2.30. The van der Waals surface area contributed by atoms with Crippen LogP contribution in [0.2, 0.25) is 0 Å². The first kappa shape index (κ1) is 15.2. The second kappa shape index (κ2) is 6.04. The lowest BCUT2D eigenvalue weighted by atomic mass is 10.1. The minimum atomic E-state index is -4.26. The summed E-state index contributed by atoms with van der Waals surface area (Å²) in [6.45, 7) is 9.17. The topological polar surface area (TPSA) is 6.48 Å². The van der Waals surface area contributed by atoms with E-state index in [1.807, 2.05) is 0 Å². The summed E-state index contributed by atoms with van der Waals surface area (Å²) in [7, 11) is 0. The first-order valence-corrected chi connectivity index (χ1v) is 7.01. The van der Waals surface area contributed by atoms with Crippen LogP contribution in [0.1, 0.15) is 19.4 Å². The molecule has 0 aromatic heterocycles. The third-order valence-corrected chi connectivity index (χ3v) is 3.56. The van der Waals surface area contributed by atoms with Crippen molar-refractivity contribution in [2.45, 2.75) is 20.0 Å². The highest BCUT2D eigenvalue weighted by atomic mass is 19.4. The molecule has 0 atom stereocenters. The van der Waals surface area contributed by atoms with Crippen LogP contribution in [0.3, 0.4) is 0 Å². The van der Waals surface area contributed by atoms with Crippen molar-refractivity contribution in [1.82, 2.24) is 4.90 Å². The fourth-order valence-electron chi connectivity index (χ4n) is 2.57. The number of anilines is 1. The van der Waals surface area contributed by atoms with E-state index in [1.54, 1.807) is 12.1 Å². The Morgan fingerprint density at radius 3 is 2.00 bits per heavy atom. The van der Waals surface area contributed by atoms with Gasteiger partial charge < -0.3 is 4.90 Å². The lowest BCUT2D eigenvalue weighted by Crippen LogP contribution is -2.47. The van der Waals surface area contributed by atoms with Crippen LogP contribution in [-0.2, 0) is 6.18 Å². The molecule has 20 heavy (non-hydrogen) atoms. The quantitative estimate of drug-likeness (QED) is 0.839. The van der Waals surface area contributed by atoms with E-state index in [2.05, 4.69) is 23.6 Å². The SMILES string of the molecule is CC(C)CN1CCN(c2ccc(C(F)(F)F)cc2)CC1. The van der Waals surface area contributed by atoms with Gasteiger partial charge in [0.25, 0.3) is 0 Å². The second-order valence-electron chi connectivity index (χ2n) is 5.73. The summed E-state index contributed by atoms with van der Waals surface area (Å²) in [6, 6.07) is 5.47. The number of nitrogens with zero attached hydrogens (tertiary/aromatic N) is 2. The molecule has 0 unspecified atom stereocenters. The molecule has 0 spiro atoms. The van der Waals surface area contributed by atoms with Crippen molar-refractivity contribution in [2.24, 2.45) is 5.92 Å². The first-order chi connectivity index (χ1) is 9.36. The monoisotopic (exact) mass is 286 g/mol. The number of hydrogen-bond donors (Lipinski definition) is 0. The molecular weight excluding hydrogens is 265 g/mol. The number of piperazine rings is 1. The van der Waals surface area contributed by atoms with Crippen molar-refractivity contribution in [3.63, 3.8) is 0 Å². The van der Waals surface area contributed by atoms with Gasteiger partial charge in [-0.05, 0) is 30.2 Å². The van der Waals surface area contributed by atoms with E-state index in [0.717, 1.165) is 50.5 Å². The van der Waals surface area contributed by atoms with Crippen LogP contribution in [0.25, 0.3) is 0 Å². The number of halogens is 3. The smallest absolute Gasteiger partial charge is 0.369 e. The maximum Gasteiger partial charge on any atom is 0.416 e. The Kier molecular flexibility index (Phi) is 4.58. The number of alkyl halides is 3. The zero-order valence-electron chi connectivity index (χ0n) is 12.0. The summed E-state index contributed by atoms with van der Waals surface area (Å²) in [5.41, 5.74) is 0.293. The summed E-state index contributed by atoms with van der Waals surface area (Å²) in [5, 5.41) is 0. The molecule has 0 bridgehead atoms. The molecule has 0 amide bonds. The fourth-order valence-corrected chi connectivity index (χ4v) is 2.57. The maximum atomic E-state index is 12.5. The van der Waals surface area contributed by atoms with Gasteiger partial charge in [-0.25, -0.2) is 0 Å². The molecule has 2 rings (SSSR count). The van der Waals surface area contributed by atoms with E-state index >= 15 is 0 Å². The van der Waals surface area contributed by atoms with E-state index < -0.39 is 11.7 Å². The van der Waals surface area contributed by atoms with Crippen molar-refractivity contribution >= 4 is 5.69 Å². The summed E-state index contributed by atoms with van der Waals surface area (Å²) < 4.78 is 37.5. The maximum absolute atomic E-state index is 12.5. The van der Waals surface area contributed by atoms with Crippen LogP contribution < -0.4 is 4.90 Å². The van der Waals surface area contributed by atoms with Gasteiger partial charge in [0.05, 0.1) is 5.56 Å². The normalized spacial score (nSPS) is 17.8. The predicted molar refractivity (Wildman–Crippen MR) is 74.9 cm³/mol. The molecule has 1 aromatic carbocycles. The summed E-state index contributed by atoms with van der Waals surface area (Å²) >= 11 is 0. The highest BCUT2D eigenvalue weighted by Crippen LogP contribution is 2.30. The van der Waals surface area contributed by atoms with E-state index in [0.29, 0.717) is 5.92 Å². The average Bonchev–Trinajstić information content (AvgIpc) is 2.38. The van der Waals surface area contributed by atoms with Crippen LogP contribution in [0.5, 0.6) is 0 Å². The van der Waals surface area contributed by atoms with E-state index in [-0.39, 0.29) is 0 Å². The van der Waals surface area contributed by atoms with Crippen LogP contribution >= 0.6 is 0 Å². The van der Waals surface area contributed by atoms with Gasteiger partial charge in [0.15, 0.2) is 0 Å². The first-order valence-electron chi connectivity index (χ1n) is 7.01. The Hall–Kier alpha value is -1.23. The van der Waals surface area contributed by atoms with Gasteiger partial charge in [-0.15, -0.1) is 0 Å². The zero-order chi connectivity index (χ0) is 14.8. The molecule has 1 aliphatic rings. The Morgan fingerprint density at radius 2 is 1.55 bits per heavy atom. The fraction of sp³-hybridized carbons (Fsp3) is 0.600. The number of hydrogen-bond acceptors (Lipinski definition) is 2. The van der Waals surface area contributed by atoms with Gasteiger partial charge in [-0.2, -0.15) is 13.2 Å². The lowest BCUT2D eigenvalue weighted by Gasteiger charge is -2.36. The van der Waals surface area contributed by atoms with Crippen LogP contribution in [-0.4, -0.2) is 37.6 Å². The van der Waals surface area contributed by atoms with E-state index in [4.69, 9.17) is 0 Å². The van der Waals surface area contributed by atoms with Gasteiger partial charge in [-0.3, -0.25) is 4.90 Å². The third-order valence-electron chi connectivity index (χ3n) is 3.56. The molecule has 5 heteroatoms. The average molecular weight is 286 g/mol. The van der Waals surface area contributed by atoms with E-state index in [9.17, 15) is 13.2 Å². The molecule has 0 saturated carbocycles. The van der Waals surface area contributed by atoms with Crippen molar-refractivity contribution in [3.05, 3.63) is 29.8 Å². The van der Waals surface area contributed by atoms with Crippen LogP contribution in [0.15, 0.2) is 24.3 Å². The van der Waals surface area contributed by atoms with Crippen molar-refractivity contribution in [3.8, 4) is 0 Å². The molecular formula is C15H21F3N2. The molecule has 112 valence electrons. The Balaban J connectivity index is 1.94. The molecule has 0 aliphatic carbocycles. The van der Waals surface area contributed by atoms with Crippen molar-refractivity contribution in [1.29, 1.82) is 0 Å². The molecule has 1 saturated heterocycles. The minimum Gasteiger partial charge on any atom is -0.369 e. The van der Waals surface area contributed by atoms with Crippen molar-refractivity contribution < 1.29 is 13.2 Å². The number of benzene rings is 1. The van der Waals surface area contributed by atoms with Crippen LogP contribution in [0.4, 0.5) is 18.9 Å². The summed E-state index contributed by atoms with van der Waals surface area (Å²) in [5.74, 6) is 0.646. The molecule has 1 aliphatic heterocycles. The molecule has 0 N–H and O–H groups in total. The highest BCUT2D eigenvalue weighted by molar-refractivity contribution is 5.48. The molecule has 0 radical (unpaired) electrons. The molecule has 1 heterocycles. The van der Waals surface area contributed by atoms with Crippen molar-refractivity contribution in [2.75, 3.05) is 37.6 Å². The lowest BCUT2D eigenvalue weighted by molar-refractivity contribution is -0.137. The minimum absolute atomic E-state index is 0.584. The zero-order valence-corrected chi connectivity index (χ0v) is 12.0. The van der Waals surface area contributed by atoms with Gasteiger partial charge in [0.1, 0.15) is 0 Å². The van der Waals surface area contributed by atoms with Gasteiger partial charge in [0.2, 0.25) is 0 Å². The van der Waals surface area contributed by atoms with Gasteiger partial charge in [0, 0.05) is 38.4 Å². The Labute approximate surface area is 118 Å². The molecule has 1 aromatic rings. The summed E-state index contributed by atoms with van der Waals surface area (Å²) in [6.07, 6.45) is -4.26. The molecule has 1 fully saturated rings. The predicted octanol–water partition coefficient (Wildman–Crippen LogP) is 3.48. The Bertz CT molecular complexity index is 418. The van der Waals surface area contributed by atoms with Crippen LogP contribution in [0, 0.1) is 5.92 Å². The van der Waals surface area contributed by atoms with Gasteiger partial charge >= 0.3 is 6.18 Å². The van der Waals surface area contributed by atoms with Gasteiger partial charge in [-0.1, -0.05) is 13.8 Å². The number of rotatable bonds is 3. The largest absolute Gasteiger partial charge is 0.416 e. The standard InChI is InChI=1S/C15H21F3N2/c1-12(2)11-19-7-9-20(10-8-19)14-5-3-13(4-6-14)15(16,17)18/h3-6,12H,7-11H2,1-2H3. The third kappa shape index (κ3) is 3.88. The van der Waals surface area contributed by atoms with E-state index in [1.165, 1.54) is 0 Å². The second-order valence-corrected chi connectivity index (χ2v) is 5.73. The summed E-state index contributed by atoms with van der Waals surface area (Å²) in [4.78, 5) is 4.56. The molecule has 2 nitrogen and oxygen atoms in total. The Morgan fingerprint density at radius 1 is 1.00 bits per heavy atom.